The summed E-state index contributed by atoms with van der Waals surface area (Å²) >= 11 is 7.19. The molecule has 0 aromatic carbocycles. The van der Waals surface area contributed by atoms with Crippen molar-refractivity contribution >= 4 is 29.0 Å². The summed E-state index contributed by atoms with van der Waals surface area (Å²) in [6.45, 7) is 0.655. The van der Waals surface area contributed by atoms with E-state index in [1.54, 1.807) is 6.07 Å². The van der Waals surface area contributed by atoms with Crippen molar-refractivity contribution in [1.29, 1.82) is 0 Å². The first-order chi connectivity index (χ1) is 6.66. The van der Waals surface area contributed by atoms with Crippen molar-refractivity contribution in [1.82, 2.24) is 5.32 Å². The van der Waals surface area contributed by atoms with Crippen molar-refractivity contribution < 1.29 is 9.53 Å². The number of hydrogen-bond acceptors (Lipinski definition) is 4. The van der Waals surface area contributed by atoms with E-state index in [-0.39, 0.29) is 6.54 Å². The van der Waals surface area contributed by atoms with Crippen molar-refractivity contribution in [3.05, 3.63) is 21.3 Å². The number of nitrogens with one attached hydrogen (secondary N) is 1. The molecule has 0 aliphatic carbocycles. The van der Waals surface area contributed by atoms with Gasteiger partial charge in [-0.05, 0) is 12.1 Å². The molecular weight excluding hydrogens is 224 g/mol. The van der Waals surface area contributed by atoms with Crippen molar-refractivity contribution in [2.45, 2.75) is 5.60 Å². The number of carbonyl (C=O) groups is 1. The SMILES string of the molecule is NCC1(c2ccc(Cl)s2)CNC(=O)O1. The van der Waals surface area contributed by atoms with E-state index in [4.69, 9.17) is 22.1 Å². The molecule has 14 heavy (non-hydrogen) atoms. The van der Waals surface area contributed by atoms with E-state index in [1.807, 2.05) is 6.07 Å². The second-order valence-corrected chi connectivity index (χ2v) is 4.76. The molecule has 0 radical (unpaired) electrons. The second kappa shape index (κ2) is 3.42. The molecule has 2 rings (SSSR count). The van der Waals surface area contributed by atoms with Crippen LogP contribution >= 0.6 is 22.9 Å². The van der Waals surface area contributed by atoms with Gasteiger partial charge in [-0.15, -0.1) is 11.3 Å². The van der Waals surface area contributed by atoms with Gasteiger partial charge in [0.05, 0.1) is 15.8 Å². The van der Waals surface area contributed by atoms with E-state index in [0.29, 0.717) is 10.9 Å². The average Bonchev–Trinajstić information content (AvgIpc) is 2.73. The lowest BCUT2D eigenvalue weighted by Crippen LogP contribution is -2.37. The fraction of sp³-hybridized carbons (Fsp3) is 0.375. The molecule has 0 bridgehead atoms. The number of hydrogen-bond donors (Lipinski definition) is 2. The molecule has 1 aliphatic heterocycles. The summed E-state index contributed by atoms with van der Waals surface area (Å²) in [5.41, 5.74) is 4.89. The van der Waals surface area contributed by atoms with Crippen LogP contribution in [0.25, 0.3) is 0 Å². The Morgan fingerprint density at radius 3 is 2.93 bits per heavy atom. The number of rotatable bonds is 2. The number of halogens is 1. The number of cyclic esters (lactones) is 1. The Bertz CT molecular complexity index is 368. The minimum atomic E-state index is -0.727. The van der Waals surface area contributed by atoms with Gasteiger partial charge in [0, 0.05) is 6.54 Å². The minimum absolute atomic E-state index is 0.253. The lowest BCUT2D eigenvalue weighted by molar-refractivity contribution is 0.0646. The molecule has 3 N–H and O–H groups in total. The third-order valence-electron chi connectivity index (χ3n) is 2.16. The van der Waals surface area contributed by atoms with Crippen molar-refractivity contribution in [3.63, 3.8) is 0 Å². The topological polar surface area (TPSA) is 64.3 Å². The summed E-state index contributed by atoms with van der Waals surface area (Å²) in [5.74, 6) is 0. The molecule has 0 saturated carbocycles. The zero-order valence-corrected chi connectivity index (χ0v) is 8.82. The fourth-order valence-corrected chi connectivity index (χ4v) is 2.55. The van der Waals surface area contributed by atoms with E-state index in [0.717, 1.165) is 4.88 Å². The van der Waals surface area contributed by atoms with E-state index < -0.39 is 11.7 Å². The maximum atomic E-state index is 11.0. The number of alkyl carbamates (subject to hydrolysis) is 1. The summed E-state index contributed by atoms with van der Waals surface area (Å²) < 4.78 is 5.84. The zero-order chi connectivity index (χ0) is 10.2. The van der Waals surface area contributed by atoms with Crippen molar-refractivity contribution in [3.8, 4) is 0 Å². The molecule has 0 spiro atoms. The van der Waals surface area contributed by atoms with E-state index in [9.17, 15) is 4.79 Å². The summed E-state index contributed by atoms with van der Waals surface area (Å²) in [7, 11) is 0. The van der Waals surface area contributed by atoms with Crippen LogP contribution in [0.3, 0.4) is 0 Å². The molecule has 1 fully saturated rings. The van der Waals surface area contributed by atoms with Crippen molar-refractivity contribution in [2.75, 3.05) is 13.1 Å². The number of amides is 1. The van der Waals surface area contributed by atoms with Crippen LogP contribution in [0, 0.1) is 0 Å². The summed E-state index contributed by atoms with van der Waals surface area (Å²) in [4.78, 5) is 11.9. The normalized spacial score (nSPS) is 26.0. The molecule has 6 heteroatoms. The quantitative estimate of drug-likeness (QED) is 0.808. The Hall–Kier alpha value is -0.780. The molecule has 76 valence electrons. The van der Waals surface area contributed by atoms with Crippen LogP contribution in [0.4, 0.5) is 4.79 Å². The van der Waals surface area contributed by atoms with Gasteiger partial charge >= 0.3 is 6.09 Å². The monoisotopic (exact) mass is 232 g/mol. The lowest BCUT2D eigenvalue weighted by atomic mass is 10.0. The lowest BCUT2D eigenvalue weighted by Gasteiger charge is -2.22. The average molecular weight is 233 g/mol. The predicted octanol–water partition coefficient (Wildman–Crippen LogP) is 1.30. The molecule has 1 saturated heterocycles. The van der Waals surface area contributed by atoms with Gasteiger partial charge in [-0.3, -0.25) is 0 Å². The molecule has 1 aliphatic rings. The van der Waals surface area contributed by atoms with Crippen molar-refractivity contribution in [2.24, 2.45) is 5.73 Å². The van der Waals surface area contributed by atoms with E-state index >= 15 is 0 Å². The molecule has 1 amide bonds. The van der Waals surface area contributed by atoms with E-state index in [1.165, 1.54) is 11.3 Å². The second-order valence-electron chi connectivity index (χ2n) is 3.05. The standard InChI is InChI=1S/C8H9ClN2O2S/c9-6-2-1-5(14-6)8(3-10)4-11-7(12)13-8/h1-2H,3-4,10H2,(H,11,12). The van der Waals surface area contributed by atoms with Gasteiger partial charge in [-0.1, -0.05) is 11.6 Å². The van der Waals surface area contributed by atoms with Crippen LogP contribution in [0.1, 0.15) is 4.88 Å². The third kappa shape index (κ3) is 1.47. The summed E-state index contributed by atoms with van der Waals surface area (Å²) in [6, 6.07) is 3.60. The summed E-state index contributed by atoms with van der Waals surface area (Å²) in [6.07, 6.45) is -0.431. The van der Waals surface area contributed by atoms with Crippen LogP contribution in [-0.4, -0.2) is 19.2 Å². The summed E-state index contributed by atoms with van der Waals surface area (Å²) in [5, 5.41) is 2.59. The van der Waals surface area contributed by atoms with Gasteiger partial charge in [0.15, 0.2) is 5.60 Å². The van der Waals surface area contributed by atoms with Crippen LogP contribution in [0.2, 0.25) is 4.34 Å². The number of thiophene rings is 1. The first kappa shape index (κ1) is 9.76. The molecule has 1 aromatic rings. The maximum absolute atomic E-state index is 11.0. The Kier molecular flexibility index (Phi) is 2.38. The molecule has 1 aromatic heterocycles. The van der Waals surface area contributed by atoms with Gasteiger partial charge in [0.25, 0.3) is 0 Å². The first-order valence-electron chi connectivity index (χ1n) is 4.09. The highest BCUT2D eigenvalue weighted by Gasteiger charge is 2.42. The van der Waals surface area contributed by atoms with Gasteiger partial charge in [0.1, 0.15) is 0 Å². The Morgan fingerprint density at radius 1 is 1.71 bits per heavy atom. The van der Waals surface area contributed by atoms with Gasteiger partial charge < -0.3 is 15.8 Å². The number of nitrogens with two attached hydrogens (primary N) is 1. The molecule has 1 unspecified atom stereocenters. The molecule has 4 nitrogen and oxygen atoms in total. The first-order valence-corrected chi connectivity index (χ1v) is 5.28. The fourth-order valence-electron chi connectivity index (χ4n) is 1.38. The van der Waals surface area contributed by atoms with Crippen LogP contribution in [0.5, 0.6) is 0 Å². The molecular formula is C8H9ClN2O2S. The molecule has 2 heterocycles. The maximum Gasteiger partial charge on any atom is 0.408 e. The Balaban J connectivity index is 2.33. The Morgan fingerprint density at radius 2 is 2.50 bits per heavy atom. The van der Waals surface area contributed by atoms with E-state index in [2.05, 4.69) is 5.32 Å². The highest BCUT2D eigenvalue weighted by molar-refractivity contribution is 7.16. The highest BCUT2D eigenvalue weighted by Crippen LogP contribution is 2.35. The van der Waals surface area contributed by atoms with Crippen LogP contribution in [0.15, 0.2) is 12.1 Å². The third-order valence-corrected chi connectivity index (χ3v) is 3.57. The number of carbonyl (C=O) groups excluding carboxylic acids is 1. The number of ether oxygens (including phenoxy) is 1. The van der Waals surface area contributed by atoms with Gasteiger partial charge in [-0.25, -0.2) is 4.79 Å². The largest absolute Gasteiger partial charge is 0.434 e. The smallest absolute Gasteiger partial charge is 0.408 e. The highest BCUT2D eigenvalue weighted by atomic mass is 35.5. The predicted molar refractivity (Wildman–Crippen MR) is 54.5 cm³/mol. The van der Waals surface area contributed by atoms with Crippen LogP contribution < -0.4 is 11.1 Å². The van der Waals surface area contributed by atoms with Gasteiger partial charge in [-0.2, -0.15) is 0 Å². The van der Waals surface area contributed by atoms with Gasteiger partial charge in [0.2, 0.25) is 0 Å². The van der Waals surface area contributed by atoms with Crippen LogP contribution in [-0.2, 0) is 10.3 Å². The zero-order valence-electron chi connectivity index (χ0n) is 7.25. The molecule has 1 atom stereocenters. The Labute approximate surface area is 90.0 Å². The minimum Gasteiger partial charge on any atom is -0.434 e.